The van der Waals surface area contributed by atoms with E-state index in [-0.39, 0.29) is 17.4 Å². The quantitative estimate of drug-likeness (QED) is 0.717. The average Bonchev–Trinajstić information content (AvgIpc) is 2.66. The smallest absolute Gasteiger partial charge is 0.252 e. The molecule has 1 atom stereocenters. The summed E-state index contributed by atoms with van der Waals surface area (Å²) in [6, 6.07) is 6.94. The molecule has 0 radical (unpaired) electrons. The molecule has 1 fully saturated rings. The molecule has 1 heterocycles. The standard InChI is InChI=1S/C23H37N3O2/c1-17(2)15-20(25-21(27)19-12-8-7-11-18(19)3)22(28)24-16-23(4,5)26-13-9-6-10-14-26/h7-8,11-12,17,20H,6,9-10,13-16H2,1-5H3,(H,24,28)(H,25,27). The Labute approximate surface area is 170 Å². The fraction of sp³-hybridized carbons (Fsp3) is 0.652. The lowest BCUT2D eigenvalue weighted by Crippen LogP contribution is -2.56. The van der Waals surface area contributed by atoms with E-state index in [4.69, 9.17) is 0 Å². The zero-order chi connectivity index (χ0) is 20.7. The van der Waals surface area contributed by atoms with E-state index >= 15 is 0 Å². The molecular formula is C23H37N3O2. The topological polar surface area (TPSA) is 61.4 Å². The summed E-state index contributed by atoms with van der Waals surface area (Å²) in [6.07, 6.45) is 4.35. The Morgan fingerprint density at radius 3 is 2.36 bits per heavy atom. The van der Waals surface area contributed by atoms with Crippen molar-refractivity contribution in [1.29, 1.82) is 0 Å². The summed E-state index contributed by atoms with van der Waals surface area (Å²) in [6.45, 7) is 13.2. The molecule has 1 aromatic carbocycles. The molecule has 0 aromatic heterocycles. The molecule has 1 aromatic rings. The van der Waals surface area contributed by atoms with Crippen LogP contribution in [0, 0.1) is 12.8 Å². The fourth-order valence-electron chi connectivity index (χ4n) is 3.80. The second-order valence-corrected chi connectivity index (χ2v) is 9.05. The van der Waals surface area contributed by atoms with Crippen molar-refractivity contribution in [2.24, 2.45) is 5.92 Å². The lowest BCUT2D eigenvalue weighted by Gasteiger charge is -2.41. The third-order valence-corrected chi connectivity index (χ3v) is 5.63. The van der Waals surface area contributed by atoms with E-state index in [1.165, 1.54) is 19.3 Å². The van der Waals surface area contributed by atoms with Gasteiger partial charge >= 0.3 is 0 Å². The summed E-state index contributed by atoms with van der Waals surface area (Å²) in [5, 5.41) is 6.06. The van der Waals surface area contributed by atoms with Gasteiger partial charge in [-0.25, -0.2) is 0 Å². The molecule has 1 saturated heterocycles. The van der Waals surface area contributed by atoms with Crippen LogP contribution in [0.25, 0.3) is 0 Å². The summed E-state index contributed by atoms with van der Waals surface area (Å²) in [5.74, 6) is 0.0259. The first-order valence-electron chi connectivity index (χ1n) is 10.6. The molecule has 1 unspecified atom stereocenters. The molecule has 28 heavy (non-hydrogen) atoms. The Kier molecular flexibility index (Phi) is 8.05. The van der Waals surface area contributed by atoms with Gasteiger partial charge in [0.25, 0.3) is 5.91 Å². The predicted octanol–water partition coefficient (Wildman–Crippen LogP) is 3.52. The molecule has 1 aliphatic heterocycles. The molecule has 0 aliphatic carbocycles. The van der Waals surface area contributed by atoms with Crippen LogP contribution in [0.2, 0.25) is 0 Å². The van der Waals surface area contributed by atoms with Crippen LogP contribution >= 0.6 is 0 Å². The highest BCUT2D eigenvalue weighted by Crippen LogP contribution is 2.20. The molecule has 2 N–H and O–H groups in total. The summed E-state index contributed by atoms with van der Waals surface area (Å²) < 4.78 is 0. The molecule has 5 heteroatoms. The largest absolute Gasteiger partial charge is 0.352 e. The first-order valence-corrected chi connectivity index (χ1v) is 10.6. The molecular weight excluding hydrogens is 350 g/mol. The number of hydrogen-bond acceptors (Lipinski definition) is 3. The van der Waals surface area contributed by atoms with Crippen molar-refractivity contribution in [3.8, 4) is 0 Å². The Morgan fingerprint density at radius 2 is 1.75 bits per heavy atom. The van der Waals surface area contributed by atoms with E-state index in [9.17, 15) is 9.59 Å². The van der Waals surface area contributed by atoms with Gasteiger partial charge < -0.3 is 10.6 Å². The molecule has 2 rings (SSSR count). The molecule has 5 nitrogen and oxygen atoms in total. The van der Waals surface area contributed by atoms with Crippen LogP contribution in [0.4, 0.5) is 0 Å². The van der Waals surface area contributed by atoms with Crippen molar-refractivity contribution < 1.29 is 9.59 Å². The molecule has 0 saturated carbocycles. The van der Waals surface area contributed by atoms with Gasteiger partial charge in [0.1, 0.15) is 6.04 Å². The molecule has 2 amide bonds. The highest BCUT2D eigenvalue weighted by atomic mass is 16.2. The first kappa shape index (κ1) is 22.4. The number of nitrogens with one attached hydrogen (secondary N) is 2. The van der Waals surface area contributed by atoms with Crippen molar-refractivity contribution in [2.75, 3.05) is 19.6 Å². The van der Waals surface area contributed by atoms with E-state index < -0.39 is 6.04 Å². The summed E-state index contributed by atoms with van der Waals surface area (Å²) in [4.78, 5) is 28.1. The van der Waals surface area contributed by atoms with Gasteiger partial charge in [0.2, 0.25) is 5.91 Å². The minimum Gasteiger partial charge on any atom is -0.352 e. The predicted molar refractivity (Wildman–Crippen MR) is 114 cm³/mol. The van der Waals surface area contributed by atoms with Crippen molar-refractivity contribution in [2.45, 2.75) is 71.9 Å². The maximum absolute atomic E-state index is 12.9. The normalized spacial score (nSPS) is 16.6. The van der Waals surface area contributed by atoms with Gasteiger partial charge in [-0.1, -0.05) is 38.5 Å². The maximum Gasteiger partial charge on any atom is 0.252 e. The Balaban J connectivity index is 2.00. The van der Waals surface area contributed by atoms with Gasteiger partial charge in [-0.2, -0.15) is 0 Å². The number of nitrogens with zero attached hydrogens (tertiary/aromatic N) is 1. The van der Waals surface area contributed by atoms with Crippen LogP contribution in [0.1, 0.15) is 69.3 Å². The number of likely N-dealkylation sites (tertiary alicyclic amines) is 1. The highest BCUT2D eigenvalue weighted by Gasteiger charge is 2.30. The van der Waals surface area contributed by atoms with Crippen LogP contribution < -0.4 is 10.6 Å². The van der Waals surface area contributed by atoms with E-state index in [2.05, 4.69) is 43.2 Å². The van der Waals surface area contributed by atoms with Crippen molar-refractivity contribution in [3.63, 3.8) is 0 Å². The van der Waals surface area contributed by atoms with Gasteiger partial charge in [0, 0.05) is 17.6 Å². The number of benzene rings is 1. The zero-order valence-corrected chi connectivity index (χ0v) is 18.2. The highest BCUT2D eigenvalue weighted by molar-refractivity contribution is 5.98. The Bertz CT molecular complexity index is 664. The fourth-order valence-corrected chi connectivity index (χ4v) is 3.80. The molecule has 156 valence electrons. The van der Waals surface area contributed by atoms with E-state index in [0.717, 1.165) is 18.7 Å². The van der Waals surface area contributed by atoms with Crippen LogP contribution in [-0.2, 0) is 4.79 Å². The van der Waals surface area contributed by atoms with Crippen molar-refractivity contribution in [3.05, 3.63) is 35.4 Å². The van der Waals surface area contributed by atoms with E-state index in [0.29, 0.717) is 24.4 Å². The van der Waals surface area contributed by atoms with Gasteiger partial charge in [0.05, 0.1) is 0 Å². The van der Waals surface area contributed by atoms with Gasteiger partial charge in [-0.3, -0.25) is 14.5 Å². The van der Waals surface area contributed by atoms with Gasteiger partial charge in [-0.05, 0) is 70.7 Å². The van der Waals surface area contributed by atoms with Gasteiger partial charge in [0.15, 0.2) is 0 Å². The first-order chi connectivity index (χ1) is 13.2. The molecule has 0 bridgehead atoms. The molecule has 1 aliphatic rings. The number of piperidine rings is 1. The number of hydrogen-bond donors (Lipinski definition) is 2. The maximum atomic E-state index is 12.9. The van der Waals surface area contributed by atoms with E-state index in [1.807, 2.05) is 25.1 Å². The number of carbonyl (C=O) groups is 2. The monoisotopic (exact) mass is 387 g/mol. The lowest BCUT2D eigenvalue weighted by atomic mass is 9.97. The van der Waals surface area contributed by atoms with Gasteiger partial charge in [-0.15, -0.1) is 0 Å². The summed E-state index contributed by atoms with van der Waals surface area (Å²) in [7, 11) is 0. The number of rotatable bonds is 8. The second kappa shape index (κ2) is 10.1. The summed E-state index contributed by atoms with van der Waals surface area (Å²) >= 11 is 0. The minimum atomic E-state index is -0.524. The van der Waals surface area contributed by atoms with Crippen LogP contribution in [0.5, 0.6) is 0 Å². The number of aryl methyl sites for hydroxylation is 1. The minimum absolute atomic E-state index is 0.0848. The van der Waals surface area contributed by atoms with Crippen LogP contribution in [-0.4, -0.2) is 47.9 Å². The average molecular weight is 388 g/mol. The zero-order valence-electron chi connectivity index (χ0n) is 18.2. The second-order valence-electron chi connectivity index (χ2n) is 9.05. The Morgan fingerprint density at radius 1 is 1.11 bits per heavy atom. The number of carbonyl (C=O) groups excluding carboxylic acids is 2. The van der Waals surface area contributed by atoms with E-state index in [1.54, 1.807) is 6.07 Å². The van der Waals surface area contributed by atoms with Crippen molar-refractivity contribution >= 4 is 11.8 Å². The van der Waals surface area contributed by atoms with Crippen molar-refractivity contribution in [1.82, 2.24) is 15.5 Å². The molecule has 0 spiro atoms. The van der Waals surface area contributed by atoms with Crippen LogP contribution in [0.15, 0.2) is 24.3 Å². The lowest BCUT2D eigenvalue weighted by molar-refractivity contribution is -0.124. The SMILES string of the molecule is Cc1ccccc1C(=O)NC(CC(C)C)C(=O)NCC(C)(C)N1CCCCC1. The summed E-state index contributed by atoms with van der Waals surface area (Å²) in [5.41, 5.74) is 1.45. The number of amides is 2. The van der Waals surface area contributed by atoms with Crippen LogP contribution in [0.3, 0.4) is 0 Å². The Hall–Kier alpha value is -1.88. The third kappa shape index (κ3) is 6.33. The third-order valence-electron chi connectivity index (χ3n) is 5.63.